The van der Waals surface area contributed by atoms with Crippen LogP contribution in [0.2, 0.25) is 0 Å². The minimum Gasteiger partial charge on any atom is -0.466 e. The van der Waals surface area contributed by atoms with Gasteiger partial charge >= 0.3 is 0 Å². The molecule has 0 bridgehead atoms. The number of carbonyl (C=O) groups is 2. The van der Waals surface area contributed by atoms with Crippen molar-refractivity contribution in [2.75, 3.05) is 5.32 Å². The number of furan rings is 1. The second-order valence-electron chi connectivity index (χ2n) is 8.65. The zero-order valence-corrected chi connectivity index (χ0v) is 20.7. The molecule has 35 heavy (non-hydrogen) atoms. The van der Waals surface area contributed by atoms with Crippen molar-refractivity contribution >= 4 is 17.5 Å². The lowest BCUT2D eigenvalue weighted by Gasteiger charge is -2.14. The van der Waals surface area contributed by atoms with Gasteiger partial charge in [0.1, 0.15) is 29.0 Å². The van der Waals surface area contributed by atoms with E-state index in [4.69, 9.17) is 8.83 Å². The molecule has 0 unspecified atom stereocenters. The van der Waals surface area contributed by atoms with E-state index in [9.17, 15) is 9.59 Å². The van der Waals surface area contributed by atoms with Gasteiger partial charge in [0.25, 0.3) is 5.91 Å². The molecule has 2 N–H and O–H groups in total. The van der Waals surface area contributed by atoms with Crippen LogP contribution in [0.4, 0.5) is 5.69 Å². The van der Waals surface area contributed by atoms with Gasteiger partial charge < -0.3 is 19.5 Å². The number of hydrogen-bond donors (Lipinski definition) is 2. The SMILES string of the molecule is Cc1cc(C)n([C@H](C)C(=O)NCc2nc(-c3cccc(NC(=O)c4cc(C)oc4C)c3)oc2C)n1. The standard InChI is InChI=1S/C26H29N5O4/c1-14-10-15(2)31(30-14)17(4)24(32)27-13-23-19(6)35-26(29-23)20-8-7-9-21(12-20)28-25(33)22-11-16(3)34-18(22)5/h7-12,17H,13H2,1-6H3,(H,27,32)(H,28,33)/t17-/m1/s1. The summed E-state index contributed by atoms with van der Waals surface area (Å²) in [5.74, 6) is 1.86. The normalized spacial score (nSPS) is 11.9. The number of oxazole rings is 1. The number of rotatable bonds is 7. The fraction of sp³-hybridized carbons (Fsp3) is 0.308. The van der Waals surface area contributed by atoms with Gasteiger partial charge in [-0.1, -0.05) is 6.07 Å². The summed E-state index contributed by atoms with van der Waals surface area (Å²) < 4.78 is 13.0. The molecular formula is C26H29N5O4. The van der Waals surface area contributed by atoms with Crippen molar-refractivity contribution in [3.8, 4) is 11.5 Å². The van der Waals surface area contributed by atoms with Gasteiger partial charge in [-0.25, -0.2) is 4.98 Å². The first-order valence-electron chi connectivity index (χ1n) is 11.4. The molecule has 0 saturated heterocycles. The van der Waals surface area contributed by atoms with E-state index in [-0.39, 0.29) is 18.4 Å². The lowest BCUT2D eigenvalue weighted by Crippen LogP contribution is -2.31. The predicted molar refractivity (Wildman–Crippen MR) is 131 cm³/mol. The molecule has 0 fully saturated rings. The molecule has 1 atom stereocenters. The number of aryl methyl sites for hydroxylation is 5. The van der Waals surface area contributed by atoms with Crippen molar-refractivity contribution in [3.63, 3.8) is 0 Å². The Hall–Kier alpha value is -4.14. The van der Waals surface area contributed by atoms with Crippen LogP contribution in [0.3, 0.4) is 0 Å². The maximum absolute atomic E-state index is 12.7. The molecule has 0 radical (unpaired) electrons. The van der Waals surface area contributed by atoms with Crippen molar-refractivity contribution in [2.24, 2.45) is 0 Å². The highest BCUT2D eigenvalue weighted by Crippen LogP contribution is 2.25. The van der Waals surface area contributed by atoms with Gasteiger partial charge in [0, 0.05) is 16.9 Å². The molecule has 9 heteroatoms. The monoisotopic (exact) mass is 475 g/mol. The van der Waals surface area contributed by atoms with Gasteiger partial charge in [-0.2, -0.15) is 5.10 Å². The van der Waals surface area contributed by atoms with Gasteiger partial charge in [-0.05, 0) is 71.9 Å². The van der Waals surface area contributed by atoms with E-state index in [1.165, 1.54) is 0 Å². The van der Waals surface area contributed by atoms with E-state index in [1.54, 1.807) is 43.7 Å². The Morgan fingerprint density at radius 3 is 2.46 bits per heavy atom. The lowest BCUT2D eigenvalue weighted by molar-refractivity contribution is -0.124. The minimum atomic E-state index is -0.446. The van der Waals surface area contributed by atoms with E-state index < -0.39 is 6.04 Å². The summed E-state index contributed by atoms with van der Waals surface area (Å²) in [6, 6.07) is 10.4. The van der Waals surface area contributed by atoms with E-state index in [1.807, 2.05) is 39.0 Å². The summed E-state index contributed by atoms with van der Waals surface area (Å²) in [6.45, 7) is 11.2. The van der Waals surface area contributed by atoms with Crippen LogP contribution in [-0.4, -0.2) is 26.6 Å². The second kappa shape index (κ2) is 9.61. The van der Waals surface area contributed by atoms with Crippen molar-refractivity contribution in [2.45, 2.75) is 54.1 Å². The molecular weight excluding hydrogens is 446 g/mol. The Labute approximate surface area is 203 Å². The fourth-order valence-electron chi connectivity index (χ4n) is 3.97. The molecule has 0 aliphatic rings. The van der Waals surface area contributed by atoms with E-state index in [0.717, 1.165) is 11.4 Å². The number of nitrogens with one attached hydrogen (secondary N) is 2. The van der Waals surface area contributed by atoms with Crippen LogP contribution in [-0.2, 0) is 11.3 Å². The number of aromatic nitrogens is 3. The quantitative estimate of drug-likeness (QED) is 0.397. The summed E-state index contributed by atoms with van der Waals surface area (Å²) >= 11 is 0. The van der Waals surface area contributed by atoms with Gasteiger partial charge in [0.2, 0.25) is 11.8 Å². The van der Waals surface area contributed by atoms with Crippen LogP contribution in [0.1, 0.15) is 57.7 Å². The van der Waals surface area contributed by atoms with E-state index >= 15 is 0 Å². The summed E-state index contributed by atoms with van der Waals surface area (Å²) in [5, 5.41) is 10.2. The Morgan fingerprint density at radius 2 is 1.80 bits per heavy atom. The highest BCUT2D eigenvalue weighted by Gasteiger charge is 2.20. The predicted octanol–water partition coefficient (Wildman–Crippen LogP) is 4.80. The van der Waals surface area contributed by atoms with Crippen molar-refractivity contribution in [1.29, 1.82) is 0 Å². The first kappa shape index (κ1) is 24.0. The summed E-state index contributed by atoms with van der Waals surface area (Å²) in [7, 11) is 0. The Morgan fingerprint density at radius 1 is 1.03 bits per heavy atom. The maximum atomic E-state index is 12.7. The molecule has 4 rings (SSSR count). The molecule has 0 spiro atoms. The first-order valence-corrected chi connectivity index (χ1v) is 11.4. The summed E-state index contributed by atoms with van der Waals surface area (Å²) in [6.07, 6.45) is 0. The molecule has 0 aliphatic carbocycles. The third-order valence-electron chi connectivity index (χ3n) is 5.77. The fourth-order valence-corrected chi connectivity index (χ4v) is 3.97. The average molecular weight is 476 g/mol. The Balaban J connectivity index is 1.44. The molecule has 182 valence electrons. The molecule has 4 aromatic rings. The number of carbonyl (C=O) groups excluding carboxylic acids is 2. The molecule has 0 aliphatic heterocycles. The van der Waals surface area contributed by atoms with Crippen LogP contribution >= 0.6 is 0 Å². The number of amides is 2. The average Bonchev–Trinajstić information content (AvgIpc) is 3.47. The van der Waals surface area contributed by atoms with Crippen LogP contribution in [0.5, 0.6) is 0 Å². The largest absolute Gasteiger partial charge is 0.466 e. The summed E-state index contributed by atoms with van der Waals surface area (Å²) in [5.41, 5.74) is 4.23. The van der Waals surface area contributed by atoms with E-state index in [2.05, 4.69) is 20.7 Å². The third-order valence-corrected chi connectivity index (χ3v) is 5.77. The third kappa shape index (κ3) is 5.18. The van der Waals surface area contributed by atoms with Crippen molar-refractivity contribution < 1.29 is 18.4 Å². The Kier molecular flexibility index (Phi) is 6.59. The maximum Gasteiger partial charge on any atom is 0.259 e. The molecule has 2 amide bonds. The van der Waals surface area contributed by atoms with Gasteiger partial charge in [0.05, 0.1) is 17.8 Å². The van der Waals surface area contributed by atoms with Crippen LogP contribution < -0.4 is 10.6 Å². The Bertz CT molecular complexity index is 1390. The zero-order chi connectivity index (χ0) is 25.3. The lowest BCUT2D eigenvalue weighted by atomic mass is 10.2. The van der Waals surface area contributed by atoms with Crippen LogP contribution in [0.15, 0.2) is 45.2 Å². The van der Waals surface area contributed by atoms with E-state index in [0.29, 0.717) is 45.7 Å². The number of hydrogen-bond acceptors (Lipinski definition) is 6. The topological polar surface area (TPSA) is 115 Å². The van der Waals surface area contributed by atoms with Gasteiger partial charge in [0.15, 0.2) is 0 Å². The zero-order valence-electron chi connectivity index (χ0n) is 20.7. The molecule has 3 aromatic heterocycles. The van der Waals surface area contributed by atoms with Crippen LogP contribution in [0.25, 0.3) is 11.5 Å². The van der Waals surface area contributed by atoms with Gasteiger partial charge in [-0.15, -0.1) is 0 Å². The number of nitrogens with zero attached hydrogens (tertiary/aromatic N) is 3. The summed E-state index contributed by atoms with van der Waals surface area (Å²) in [4.78, 5) is 29.9. The van der Waals surface area contributed by atoms with Crippen molar-refractivity contribution in [3.05, 3.63) is 76.3 Å². The second-order valence-corrected chi connectivity index (χ2v) is 8.65. The van der Waals surface area contributed by atoms with Gasteiger partial charge in [-0.3, -0.25) is 14.3 Å². The highest BCUT2D eigenvalue weighted by molar-refractivity contribution is 6.05. The number of anilines is 1. The molecule has 9 nitrogen and oxygen atoms in total. The smallest absolute Gasteiger partial charge is 0.259 e. The highest BCUT2D eigenvalue weighted by atomic mass is 16.4. The van der Waals surface area contributed by atoms with Crippen LogP contribution in [0, 0.1) is 34.6 Å². The first-order chi connectivity index (χ1) is 16.6. The van der Waals surface area contributed by atoms with Crippen molar-refractivity contribution in [1.82, 2.24) is 20.1 Å². The molecule has 1 aromatic carbocycles. The molecule has 3 heterocycles. The number of benzene rings is 1. The molecule has 0 saturated carbocycles. The minimum absolute atomic E-state index is 0.158.